The molecule has 0 aliphatic heterocycles. The number of aromatic nitrogens is 2. The van der Waals surface area contributed by atoms with Crippen molar-refractivity contribution in [3.8, 4) is 5.75 Å². The predicted octanol–water partition coefficient (Wildman–Crippen LogP) is 2.03. The number of hydrogen-bond donors (Lipinski definition) is 1. The third-order valence-electron chi connectivity index (χ3n) is 2.15. The van der Waals surface area contributed by atoms with E-state index in [0.717, 1.165) is 0 Å². The summed E-state index contributed by atoms with van der Waals surface area (Å²) in [5.41, 5.74) is 5.02. The zero-order valence-corrected chi connectivity index (χ0v) is 9.25. The van der Waals surface area contributed by atoms with Gasteiger partial charge in [0, 0.05) is 6.04 Å². The van der Waals surface area contributed by atoms with E-state index in [2.05, 4.69) is 5.10 Å². The average Bonchev–Trinajstić information content (AvgIpc) is 2.57. The Hall–Kier alpha value is -1.24. The molecule has 0 spiro atoms. The second-order valence-electron chi connectivity index (χ2n) is 3.66. The first-order valence-corrected chi connectivity index (χ1v) is 4.72. The molecule has 0 aromatic carbocycles. The van der Waals surface area contributed by atoms with Crippen LogP contribution in [0.5, 0.6) is 5.75 Å². The molecule has 4 nitrogen and oxygen atoms in total. The summed E-state index contributed by atoms with van der Waals surface area (Å²) < 4.78 is 43.7. The van der Waals surface area contributed by atoms with Crippen molar-refractivity contribution >= 4 is 0 Å². The van der Waals surface area contributed by atoms with E-state index in [0.29, 0.717) is 0 Å². The Labute approximate surface area is 91.2 Å². The molecule has 0 radical (unpaired) electrons. The molecule has 0 saturated heterocycles. The lowest BCUT2D eigenvalue weighted by molar-refractivity contribution is -0.151. The first-order chi connectivity index (χ1) is 7.29. The smallest absolute Gasteiger partial charge is 0.409 e. The number of alkyl halides is 3. The van der Waals surface area contributed by atoms with Crippen molar-refractivity contribution in [2.45, 2.75) is 32.1 Å². The summed E-state index contributed by atoms with van der Waals surface area (Å²) in [6.45, 7) is 3.44. The van der Waals surface area contributed by atoms with E-state index in [1.165, 1.54) is 18.0 Å². The molecular weight excluding hydrogens is 223 g/mol. The number of nitrogens with two attached hydrogens (primary N) is 1. The molecule has 2 N–H and O–H groups in total. The Bertz CT molecular complexity index is 359. The number of hydrogen-bond acceptors (Lipinski definition) is 3. The summed E-state index contributed by atoms with van der Waals surface area (Å²) in [6.07, 6.45) is -3.28. The van der Waals surface area contributed by atoms with Crippen molar-refractivity contribution in [3.05, 3.63) is 11.9 Å². The molecule has 0 amide bonds. The van der Waals surface area contributed by atoms with Gasteiger partial charge in [-0.2, -0.15) is 18.3 Å². The van der Waals surface area contributed by atoms with E-state index in [1.807, 2.05) is 0 Å². The fourth-order valence-electron chi connectivity index (χ4n) is 1.38. The lowest BCUT2D eigenvalue weighted by Crippen LogP contribution is -2.31. The van der Waals surface area contributed by atoms with Gasteiger partial charge in [-0.15, -0.1) is 0 Å². The van der Waals surface area contributed by atoms with Crippen molar-refractivity contribution in [1.82, 2.24) is 9.78 Å². The predicted molar refractivity (Wildman–Crippen MR) is 52.1 cm³/mol. The quantitative estimate of drug-likeness (QED) is 0.875. The highest BCUT2D eigenvalue weighted by Crippen LogP contribution is 2.36. The average molecular weight is 237 g/mol. The molecule has 92 valence electrons. The Morgan fingerprint density at radius 2 is 2.00 bits per heavy atom. The normalized spacial score (nSPS) is 14.2. The van der Waals surface area contributed by atoms with E-state index >= 15 is 0 Å². The molecular formula is C9H14F3N3O. The Morgan fingerprint density at radius 3 is 2.38 bits per heavy atom. The first kappa shape index (κ1) is 12.8. The molecule has 0 saturated carbocycles. The lowest BCUT2D eigenvalue weighted by atomic mass is 10.2. The Kier molecular flexibility index (Phi) is 3.47. The number of nitrogens with zero attached hydrogens (tertiary/aromatic N) is 2. The molecule has 1 rings (SSSR count). The molecule has 0 aliphatic rings. The first-order valence-electron chi connectivity index (χ1n) is 4.72. The van der Waals surface area contributed by atoms with Gasteiger partial charge < -0.3 is 10.5 Å². The molecule has 0 bridgehead atoms. The minimum Gasteiger partial charge on any atom is -0.493 e. The van der Waals surface area contributed by atoms with Gasteiger partial charge in [-0.3, -0.25) is 4.68 Å². The Balaban J connectivity index is 3.23. The minimum atomic E-state index is -4.51. The van der Waals surface area contributed by atoms with Crippen LogP contribution in [0.15, 0.2) is 6.20 Å². The van der Waals surface area contributed by atoms with E-state index < -0.39 is 12.2 Å². The van der Waals surface area contributed by atoms with E-state index in [-0.39, 0.29) is 17.5 Å². The lowest BCUT2D eigenvalue weighted by Gasteiger charge is -2.20. The van der Waals surface area contributed by atoms with Gasteiger partial charge in [-0.25, -0.2) is 0 Å². The molecule has 0 fully saturated rings. The van der Waals surface area contributed by atoms with Gasteiger partial charge in [0.15, 0.2) is 5.75 Å². The second-order valence-corrected chi connectivity index (χ2v) is 3.66. The van der Waals surface area contributed by atoms with Gasteiger partial charge in [0.25, 0.3) is 0 Å². The third kappa shape index (κ3) is 2.29. The van der Waals surface area contributed by atoms with Crippen molar-refractivity contribution < 1.29 is 17.9 Å². The fraction of sp³-hybridized carbons (Fsp3) is 0.667. The summed E-state index contributed by atoms with van der Waals surface area (Å²) in [7, 11) is 1.29. The monoisotopic (exact) mass is 237 g/mol. The highest BCUT2D eigenvalue weighted by atomic mass is 19.4. The van der Waals surface area contributed by atoms with Crippen LogP contribution in [0.2, 0.25) is 0 Å². The molecule has 16 heavy (non-hydrogen) atoms. The number of methoxy groups -OCH3 is 1. The van der Waals surface area contributed by atoms with Gasteiger partial charge >= 0.3 is 6.18 Å². The summed E-state index contributed by atoms with van der Waals surface area (Å²) in [5.74, 6) is 0.0542. The van der Waals surface area contributed by atoms with Gasteiger partial charge in [0.1, 0.15) is 11.7 Å². The van der Waals surface area contributed by atoms with Crippen LogP contribution in [0, 0.1) is 0 Å². The van der Waals surface area contributed by atoms with Crippen molar-refractivity contribution in [3.63, 3.8) is 0 Å². The van der Waals surface area contributed by atoms with Gasteiger partial charge in [-0.05, 0) is 13.8 Å². The molecule has 1 unspecified atom stereocenters. The zero-order chi connectivity index (χ0) is 12.5. The van der Waals surface area contributed by atoms with Crippen molar-refractivity contribution in [1.29, 1.82) is 0 Å². The largest absolute Gasteiger partial charge is 0.493 e. The van der Waals surface area contributed by atoms with Crippen LogP contribution in [-0.2, 0) is 0 Å². The Morgan fingerprint density at radius 1 is 1.44 bits per heavy atom. The third-order valence-corrected chi connectivity index (χ3v) is 2.15. The number of halogens is 3. The molecule has 0 aliphatic carbocycles. The molecule has 7 heteroatoms. The maximum atomic E-state index is 12.6. The zero-order valence-electron chi connectivity index (χ0n) is 9.25. The maximum Gasteiger partial charge on any atom is 0.409 e. The van der Waals surface area contributed by atoms with Crippen LogP contribution in [0.25, 0.3) is 0 Å². The van der Waals surface area contributed by atoms with Crippen molar-refractivity contribution in [2.75, 3.05) is 7.11 Å². The van der Waals surface area contributed by atoms with Crippen LogP contribution in [0.3, 0.4) is 0 Å². The van der Waals surface area contributed by atoms with Crippen LogP contribution in [0.4, 0.5) is 13.2 Å². The SMILES string of the molecule is COc1cnn(C(C)C)c1C(N)C(F)(F)F. The highest BCUT2D eigenvalue weighted by molar-refractivity contribution is 5.29. The summed E-state index contributed by atoms with van der Waals surface area (Å²) >= 11 is 0. The fourth-order valence-corrected chi connectivity index (χ4v) is 1.38. The van der Waals surface area contributed by atoms with Crippen molar-refractivity contribution in [2.24, 2.45) is 5.73 Å². The summed E-state index contributed by atoms with van der Waals surface area (Å²) in [6, 6.07) is -2.31. The van der Waals surface area contributed by atoms with E-state index in [4.69, 9.17) is 10.5 Å². The van der Waals surface area contributed by atoms with Gasteiger partial charge in [0.05, 0.1) is 13.3 Å². The standard InChI is InChI=1S/C9H14F3N3O/c1-5(2)15-7(6(16-3)4-14-15)8(13)9(10,11)12/h4-5,8H,13H2,1-3H3. The van der Waals surface area contributed by atoms with Gasteiger partial charge in [0.2, 0.25) is 0 Å². The summed E-state index contributed by atoms with van der Waals surface area (Å²) in [4.78, 5) is 0. The second kappa shape index (κ2) is 4.32. The van der Waals surface area contributed by atoms with Crippen LogP contribution < -0.4 is 10.5 Å². The van der Waals surface area contributed by atoms with Crippen LogP contribution >= 0.6 is 0 Å². The van der Waals surface area contributed by atoms with Crippen LogP contribution in [0.1, 0.15) is 31.6 Å². The van der Waals surface area contributed by atoms with E-state index in [9.17, 15) is 13.2 Å². The minimum absolute atomic E-state index is 0.0542. The molecule has 1 atom stereocenters. The number of rotatable bonds is 3. The van der Waals surface area contributed by atoms with Crippen LogP contribution in [-0.4, -0.2) is 23.1 Å². The topological polar surface area (TPSA) is 53.1 Å². The molecule has 1 heterocycles. The summed E-state index contributed by atoms with van der Waals surface area (Å²) in [5, 5.41) is 3.83. The maximum absolute atomic E-state index is 12.6. The van der Waals surface area contributed by atoms with Gasteiger partial charge in [-0.1, -0.05) is 0 Å². The molecule has 1 aromatic rings. The highest BCUT2D eigenvalue weighted by Gasteiger charge is 2.42. The molecule has 1 aromatic heterocycles. The van der Waals surface area contributed by atoms with E-state index in [1.54, 1.807) is 13.8 Å². The number of ether oxygens (including phenoxy) is 1.